The number of rotatable bonds is 9. The van der Waals surface area contributed by atoms with Crippen LogP contribution >= 0.6 is 35.5 Å². The van der Waals surface area contributed by atoms with E-state index in [1.54, 1.807) is 13.2 Å². The monoisotopic (exact) mass is 493 g/mol. The van der Waals surface area contributed by atoms with Crippen LogP contribution in [0.15, 0.2) is 50.8 Å². The zero-order valence-corrected chi connectivity index (χ0v) is 21.2. The van der Waals surface area contributed by atoms with Gasteiger partial charge in [-0.2, -0.15) is 0 Å². The molecule has 0 atom stereocenters. The Morgan fingerprint density at radius 1 is 1.19 bits per heavy atom. The molecule has 0 radical (unpaired) electrons. The van der Waals surface area contributed by atoms with Crippen molar-refractivity contribution < 1.29 is 4.74 Å². The minimum atomic E-state index is 0. The van der Waals surface area contributed by atoms with Crippen molar-refractivity contribution in [3.63, 3.8) is 0 Å². The van der Waals surface area contributed by atoms with Crippen LogP contribution in [0.5, 0.6) is 5.75 Å². The Kier molecular flexibility index (Phi) is 9.49. The lowest BCUT2D eigenvalue weighted by molar-refractivity contribution is 0.193. The third-order valence-corrected chi connectivity index (χ3v) is 8.16. The van der Waals surface area contributed by atoms with Gasteiger partial charge in [-0.15, -0.1) is 35.5 Å². The number of thioether (sulfide) groups is 1. The summed E-state index contributed by atoms with van der Waals surface area (Å²) in [7, 11) is 1.67. The van der Waals surface area contributed by atoms with Gasteiger partial charge in [0.15, 0.2) is 0 Å². The molecule has 3 heterocycles. The molecule has 4 rings (SSSR count). The first-order valence-corrected chi connectivity index (χ1v) is 12.8. The van der Waals surface area contributed by atoms with Crippen molar-refractivity contribution in [3.8, 4) is 5.75 Å². The number of hydrogen-bond acceptors (Lipinski definition) is 6. The van der Waals surface area contributed by atoms with Crippen molar-refractivity contribution in [1.29, 1.82) is 0 Å². The summed E-state index contributed by atoms with van der Waals surface area (Å²) in [5.74, 6) is 1.91. The first-order chi connectivity index (χ1) is 15.1. The molecule has 1 saturated heterocycles. The maximum absolute atomic E-state index is 12.7. The van der Waals surface area contributed by atoms with E-state index >= 15 is 0 Å². The Hall–Kier alpha value is -1.51. The van der Waals surface area contributed by atoms with Crippen molar-refractivity contribution in [2.75, 3.05) is 39.0 Å². The maximum atomic E-state index is 12.7. The third kappa shape index (κ3) is 6.29. The highest BCUT2D eigenvalue weighted by molar-refractivity contribution is 8.01. The van der Waals surface area contributed by atoms with Gasteiger partial charge in [-0.05, 0) is 62.0 Å². The predicted molar refractivity (Wildman–Crippen MR) is 139 cm³/mol. The normalized spacial score (nSPS) is 15.1. The van der Waals surface area contributed by atoms with Gasteiger partial charge >= 0.3 is 0 Å². The average Bonchev–Trinajstić information content (AvgIpc) is 3.30. The molecular weight excluding hydrogens is 462 g/mol. The summed E-state index contributed by atoms with van der Waals surface area (Å²) in [5, 5.41) is 6.97. The van der Waals surface area contributed by atoms with E-state index in [1.807, 2.05) is 52.8 Å². The molecule has 0 amide bonds. The average molecular weight is 494 g/mol. The Morgan fingerprint density at radius 3 is 2.72 bits per heavy atom. The number of methoxy groups -OCH3 is 1. The zero-order valence-electron chi connectivity index (χ0n) is 18.7. The van der Waals surface area contributed by atoms with Crippen LogP contribution in [-0.4, -0.2) is 54.6 Å². The van der Waals surface area contributed by atoms with Gasteiger partial charge in [0.2, 0.25) is 0 Å². The molecule has 1 aromatic carbocycles. The number of ether oxygens (including phenoxy) is 1. The van der Waals surface area contributed by atoms with E-state index in [2.05, 4.69) is 27.7 Å². The van der Waals surface area contributed by atoms with Gasteiger partial charge in [-0.1, -0.05) is 6.07 Å². The minimum absolute atomic E-state index is 0. The minimum Gasteiger partial charge on any atom is -0.497 e. The van der Waals surface area contributed by atoms with Crippen LogP contribution in [0.1, 0.15) is 18.4 Å². The summed E-state index contributed by atoms with van der Waals surface area (Å²) in [6.45, 7) is 6.82. The van der Waals surface area contributed by atoms with Gasteiger partial charge in [-0.3, -0.25) is 4.79 Å². The molecule has 0 unspecified atom stereocenters. The number of likely N-dealkylation sites (tertiary alicyclic amines) is 1. The van der Waals surface area contributed by atoms with Crippen molar-refractivity contribution in [3.05, 3.63) is 57.7 Å². The summed E-state index contributed by atoms with van der Waals surface area (Å²) in [5.41, 5.74) is 2.05. The summed E-state index contributed by atoms with van der Waals surface area (Å²) >= 11 is 3.75. The van der Waals surface area contributed by atoms with Gasteiger partial charge < -0.3 is 19.5 Å². The first-order valence-electron chi connectivity index (χ1n) is 10.9. The van der Waals surface area contributed by atoms with Gasteiger partial charge in [0, 0.05) is 48.9 Å². The van der Waals surface area contributed by atoms with Gasteiger partial charge in [0.25, 0.3) is 5.56 Å². The summed E-state index contributed by atoms with van der Waals surface area (Å²) in [4.78, 5) is 15.2. The van der Waals surface area contributed by atoms with E-state index < -0.39 is 0 Å². The number of aromatic nitrogens is 1. The second-order valence-electron chi connectivity index (χ2n) is 8.05. The second-order valence-corrected chi connectivity index (χ2v) is 10.4. The van der Waals surface area contributed by atoms with E-state index in [1.165, 1.54) is 17.1 Å². The fourth-order valence-corrected chi connectivity index (χ4v) is 5.98. The summed E-state index contributed by atoms with van der Waals surface area (Å²) in [6, 6.07) is 12.6. The number of hydrogen-bond donors (Lipinski definition) is 1. The molecule has 1 aliphatic heterocycles. The van der Waals surface area contributed by atoms with Crippen LogP contribution in [0.2, 0.25) is 0 Å². The Labute approximate surface area is 204 Å². The van der Waals surface area contributed by atoms with Gasteiger partial charge in [0.1, 0.15) is 5.75 Å². The lowest BCUT2D eigenvalue weighted by Gasteiger charge is -2.32. The molecule has 32 heavy (non-hydrogen) atoms. The summed E-state index contributed by atoms with van der Waals surface area (Å²) in [6.07, 6.45) is 2.34. The van der Waals surface area contributed by atoms with Crippen LogP contribution < -0.4 is 15.6 Å². The number of nitrogens with one attached hydrogen (secondary N) is 1. The molecule has 0 saturated carbocycles. The number of fused-ring (bicyclic) bond motifs is 1. The lowest BCUT2D eigenvalue weighted by Crippen LogP contribution is -2.44. The van der Waals surface area contributed by atoms with Crippen LogP contribution in [-0.2, 0) is 6.54 Å². The number of halogens is 1. The quantitative estimate of drug-likeness (QED) is 0.347. The highest BCUT2D eigenvalue weighted by Gasteiger charge is 2.19. The zero-order chi connectivity index (χ0) is 21.6. The molecule has 8 heteroatoms. The van der Waals surface area contributed by atoms with E-state index in [-0.39, 0.29) is 18.0 Å². The Balaban J connectivity index is 0.00000289. The van der Waals surface area contributed by atoms with Gasteiger partial charge in [0.05, 0.1) is 16.8 Å². The topological polar surface area (TPSA) is 46.5 Å². The van der Waals surface area contributed by atoms with Gasteiger partial charge in [-0.25, -0.2) is 0 Å². The highest BCUT2D eigenvalue weighted by atomic mass is 35.5. The van der Waals surface area contributed by atoms with Crippen molar-refractivity contribution in [2.24, 2.45) is 0 Å². The maximum Gasteiger partial charge on any atom is 0.251 e. The predicted octanol–water partition coefficient (Wildman–Crippen LogP) is 4.65. The fourth-order valence-electron chi connectivity index (χ4n) is 4.25. The number of benzene rings is 1. The van der Waals surface area contributed by atoms with Crippen LogP contribution in [0.3, 0.4) is 0 Å². The molecule has 3 aromatic rings. The molecule has 174 valence electrons. The number of aryl methyl sites for hydroxylation is 1. The standard InChI is InChI=1S/C24H31N3O2S2.ClH/c1-18-16-23(28)27(22-17-20(29-2)5-6-21(18)22)13-12-26-10-7-19(8-11-26)25-9-15-31-24-4-3-14-30-24;/h3-6,14,16-17,19,25H,7-13,15H2,1-2H3;1H. The molecule has 0 spiro atoms. The van der Waals surface area contributed by atoms with E-state index in [0.29, 0.717) is 12.6 Å². The lowest BCUT2D eigenvalue weighted by atomic mass is 10.1. The van der Waals surface area contributed by atoms with E-state index in [4.69, 9.17) is 4.74 Å². The molecule has 1 fully saturated rings. The molecular formula is C24H32ClN3O2S2. The molecule has 2 aromatic heterocycles. The fraction of sp³-hybridized carbons (Fsp3) is 0.458. The Bertz CT molecular complexity index is 1050. The highest BCUT2D eigenvalue weighted by Crippen LogP contribution is 2.23. The number of nitrogens with zero attached hydrogens (tertiary/aromatic N) is 2. The van der Waals surface area contributed by atoms with Crippen molar-refractivity contribution >= 4 is 46.4 Å². The SMILES string of the molecule is COc1ccc2c(C)cc(=O)n(CCN3CCC(NCCSc4cccs4)CC3)c2c1.Cl. The smallest absolute Gasteiger partial charge is 0.251 e. The summed E-state index contributed by atoms with van der Waals surface area (Å²) < 4.78 is 8.69. The van der Waals surface area contributed by atoms with Crippen LogP contribution in [0.25, 0.3) is 10.9 Å². The van der Waals surface area contributed by atoms with E-state index in [0.717, 1.165) is 54.1 Å². The van der Waals surface area contributed by atoms with Crippen molar-refractivity contribution in [2.45, 2.75) is 36.6 Å². The molecule has 1 aliphatic rings. The Morgan fingerprint density at radius 2 is 2.00 bits per heavy atom. The second kappa shape index (κ2) is 12.1. The number of thiophene rings is 1. The molecule has 0 bridgehead atoms. The molecule has 0 aliphatic carbocycles. The van der Waals surface area contributed by atoms with E-state index in [9.17, 15) is 4.79 Å². The van der Waals surface area contributed by atoms with Crippen LogP contribution in [0, 0.1) is 6.92 Å². The largest absolute Gasteiger partial charge is 0.497 e. The molecule has 5 nitrogen and oxygen atoms in total. The van der Waals surface area contributed by atoms with Crippen molar-refractivity contribution in [1.82, 2.24) is 14.8 Å². The number of pyridine rings is 1. The third-order valence-electron chi connectivity index (χ3n) is 6.03. The first kappa shape index (κ1) is 25.1. The van der Waals surface area contributed by atoms with Crippen LogP contribution in [0.4, 0.5) is 0 Å². The number of piperidine rings is 1. The molecule has 1 N–H and O–H groups in total.